The molecule has 1 N–H and O–H groups in total. The van der Waals surface area contributed by atoms with Gasteiger partial charge in [0.1, 0.15) is 6.04 Å². The Bertz CT molecular complexity index is 1490. The molecule has 2 amide bonds. The van der Waals surface area contributed by atoms with Gasteiger partial charge in [0.05, 0.1) is 11.9 Å². The van der Waals surface area contributed by atoms with E-state index >= 15 is 0 Å². The Kier molecular flexibility index (Phi) is 12.5. The van der Waals surface area contributed by atoms with Crippen LogP contribution in [-0.4, -0.2) is 50.5 Å². The molecule has 1 unspecified atom stereocenters. The average molecular weight is 653 g/mol. The number of amides is 2. The van der Waals surface area contributed by atoms with Crippen molar-refractivity contribution < 1.29 is 18.0 Å². The second-order valence-corrected chi connectivity index (χ2v) is 13.3. The van der Waals surface area contributed by atoms with Gasteiger partial charge in [-0.25, -0.2) is 8.42 Å². The van der Waals surface area contributed by atoms with Crippen molar-refractivity contribution in [2.45, 2.75) is 52.1 Å². The minimum atomic E-state index is -3.66. The lowest BCUT2D eigenvalue weighted by Gasteiger charge is -2.32. The van der Waals surface area contributed by atoms with Crippen LogP contribution in [0.5, 0.6) is 0 Å². The number of aryl methyl sites for hydroxylation is 1. The monoisotopic (exact) mass is 651 g/mol. The first-order valence-electron chi connectivity index (χ1n) is 13.7. The number of carbonyl (C=O) groups is 2. The van der Waals surface area contributed by atoms with Crippen LogP contribution in [0.4, 0.5) is 5.69 Å². The first kappa shape index (κ1) is 33.7. The van der Waals surface area contributed by atoms with Gasteiger partial charge in [-0.3, -0.25) is 13.9 Å². The molecule has 0 spiro atoms. The van der Waals surface area contributed by atoms with Crippen molar-refractivity contribution in [3.05, 3.63) is 98.5 Å². The Morgan fingerprint density at radius 1 is 0.952 bits per heavy atom. The minimum absolute atomic E-state index is 0.00316. The Balaban J connectivity index is 1.92. The molecule has 0 saturated carbocycles. The fourth-order valence-corrected chi connectivity index (χ4v) is 6.24. The first-order chi connectivity index (χ1) is 19.9. The van der Waals surface area contributed by atoms with Crippen LogP contribution in [0.15, 0.2) is 66.7 Å². The molecular formula is C31H36Cl3N3O4S. The highest BCUT2D eigenvalue weighted by atomic mass is 35.5. The fourth-order valence-electron chi connectivity index (χ4n) is 4.59. The topological polar surface area (TPSA) is 86.8 Å². The number of hydrogen-bond acceptors (Lipinski definition) is 4. The highest BCUT2D eigenvalue weighted by molar-refractivity contribution is 7.92. The van der Waals surface area contributed by atoms with Gasteiger partial charge in [-0.15, -0.1) is 0 Å². The van der Waals surface area contributed by atoms with E-state index < -0.39 is 16.1 Å². The summed E-state index contributed by atoms with van der Waals surface area (Å²) >= 11 is 18.8. The summed E-state index contributed by atoms with van der Waals surface area (Å²) in [6.45, 7) is 4.37. The molecule has 0 aromatic heterocycles. The summed E-state index contributed by atoms with van der Waals surface area (Å²) in [6.07, 6.45) is 2.38. The van der Waals surface area contributed by atoms with E-state index in [2.05, 4.69) is 5.32 Å². The molecule has 3 rings (SSSR count). The van der Waals surface area contributed by atoms with Gasteiger partial charge in [0, 0.05) is 47.5 Å². The smallest absolute Gasteiger partial charge is 0.243 e. The number of nitrogens with zero attached hydrogens (tertiary/aromatic N) is 2. The fraction of sp³-hybridized carbons (Fsp3) is 0.355. The SMILES string of the molecule is CCCNC(=O)C(Cc1ccccc1)N(Cc1ccc(Cl)cc1Cl)C(=O)CCCN(c1cc(Cl)ccc1C)S(C)(=O)=O. The molecule has 3 aromatic rings. The van der Waals surface area contributed by atoms with Crippen LogP contribution >= 0.6 is 34.8 Å². The van der Waals surface area contributed by atoms with Crippen LogP contribution < -0.4 is 9.62 Å². The van der Waals surface area contributed by atoms with E-state index in [1.165, 1.54) is 9.21 Å². The molecule has 0 bridgehead atoms. The van der Waals surface area contributed by atoms with Crippen molar-refractivity contribution >= 4 is 62.3 Å². The summed E-state index contributed by atoms with van der Waals surface area (Å²) in [4.78, 5) is 28.9. The van der Waals surface area contributed by atoms with E-state index in [-0.39, 0.29) is 37.7 Å². The Labute approximate surface area is 263 Å². The van der Waals surface area contributed by atoms with E-state index in [0.717, 1.165) is 23.8 Å². The van der Waals surface area contributed by atoms with Crippen molar-refractivity contribution in [1.29, 1.82) is 0 Å². The van der Waals surface area contributed by atoms with Crippen LogP contribution in [0.3, 0.4) is 0 Å². The first-order valence-corrected chi connectivity index (χ1v) is 16.7. The zero-order valence-corrected chi connectivity index (χ0v) is 27.0. The van der Waals surface area contributed by atoms with Crippen molar-refractivity contribution in [1.82, 2.24) is 10.2 Å². The van der Waals surface area contributed by atoms with Crippen molar-refractivity contribution in [3.8, 4) is 0 Å². The summed E-state index contributed by atoms with van der Waals surface area (Å²) in [6, 6.07) is 18.7. The Hall–Kier alpha value is -2.78. The maximum Gasteiger partial charge on any atom is 0.243 e. The summed E-state index contributed by atoms with van der Waals surface area (Å²) in [5, 5.41) is 4.19. The summed E-state index contributed by atoms with van der Waals surface area (Å²) < 4.78 is 26.7. The van der Waals surface area contributed by atoms with Gasteiger partial charge >= 0.3 is 0 Å². The molecule has 0 aliphatic rings. The number of nitrogens with one attached hydrogen (secondary N) is 1. The number of halogens is 3. The van der Waals surface area contributed by atoms with Crippen molar-refractivity contribution in [2.24, 2.45) is 0 Å². The van der Waals surface area contributed by atoms with Crippen molar-refractivity contribution in [3.63, 3.8) is 0 Å². The normalized spacial score (nSPS) is 12.0. The molecule has 3 aromatic carbocycles. The van der Waals surface area contributed by atoms with E-state index in [4.69, 9.17) is 34.8 Å². The van der Waals surface area contributed by atoms with Crippen LogP contribution in [0, 0.1) is 6.92 Å². The molecule has 226 valence electrons. The zero-order chi connectivity index (χ0) is 30.9. The molecule has 42 heavy (non-hydrogen) atoms. The molecule has 0 aliphatic carbocycles. The number of rotatable bonds is 14. The largest absolute Gasteiger partial charge is 0.354 e. The predicted molar refractivity (Wildman–Crippen MR) is 172 cm³/mol. The molecular weight excluding hydrogens is 617 g/mol. The van der Waals surface area contributed by atoms with Crippen LogP contribution in [0.1, 0.15) is 42.9 Å². The third kappa shape index (κ3) is 9.63. The van der Waals surface area contributed by atoms with Gasteiger partial charge in [0.15, 0.2) is 0 Å². The van der Waals surface area contributed by atoms with Gasteiger partial charge in [-0.2, -0.15) is 0 Å². The van der Waals surface area contributed by atoms with Gasteiger partial charge in [-0.05, 0) is 60.7 Å². The van der Waals surface area contributed by atoms with Crippen LogP contribution in [0.25, 0.3) is 0 Å². The third-order valence-electron chi connectivity index (χ3n) is 6.77. The third-order valence-corrected chi connectivity index (χ3v) is 8.77. The molecule has 0 heterocycles. The lowest BCUT2D eigenvalue weighted by Crippen LogP contribution is -2.50. The van der Waals surface area contributed by atoms with E-state index in [0.29, 0.717) is 39.3 Å². The number of benzene rings is 3. The molecule has 0 aliphatic heterocycles. The minimum Gasteiger partial charge on any atom is -0.354 e. The van der Waals surface area contributed by atoms with Gasteiger partial charge < -0.3 is 10.2 Å². The molecule has 0 radical (unpaired) electrons. The maximum absolute atomic E-state index is 13.9. The lowest BCUT2D eigenvalue weighted by atomic mass is 10.0. The van der Waals surface area contributed by atoms with Gasteiger partial charge in [0.25, 0.3) is 0 Å². The van der Waals surface area contributed by atoms with Gasteiger partial charge in [0.2, 0.25) is 21.8 Å². The maximum atomic E-state index is 13.9. The summed E-state index contributed by atoms with van der Waals surface area (Å²) in [7, 11) is -3.66. The highest BCUT2D eigenvalue weighted by Crippen LogP contribution is 2.28. The van der Waals surface area contributed by atoms with E-state index in [1.807, 2.05) is 37.3 Å². The quantitative estimate of drug-likeness (QED) is 0.211. The molecule has 0 fully saturated rings. The van der Waals surface area contributed by atoms with Gasteiger partial charge in [-0.1, -0.05) is 84.2 Å². The predicted octanol–water partition coefficient (Wildman–Crippen LogP) is 6.67. The Morgan fingerprint density at radius 3 is 2.26 bits per heavy atom. The van der Waals surface area contributed by atoms with E-state index in [1.54, 1.807) is 43.3 Å². The average Bonchev–Trinajstić information content (AvgIpc) is 2.94. The zero-order valence-electron chi connectivity index (χ0n) is 23.9. The highest BCUT2D eigenvalue weighted by Gasteiger charge is 2.31. The lowest BCUT2D eigenvalue weighted by molar-refractivity contribution is -0.141. The molecule has 1 atom stereocenters. The summed E-state index contributed by atoms with van der Waals surface area (Å²) in [5.41, 5.74) is 2.74. The molecule has 7 nitrogen and oxygen atoms in total. The number of sulfonamides is 1. The van der Waals surface area contributed by atoms with Crippen LogP contribution in [-0.2, 0) is 32.6 Å². The second kappa shape index (κ2) is 15.6. The summed E-state index contributed by atoms with van der Waals surface area (Å²) in [5.74, 6) is -0.573. The van der Waals surface area contributed by atoms with Crippen LogP contribution in [0.2, 0.25) is 15.1 Å². The van der Waals surface area contributed by atoms with Crippen molar-refractivity contribution in [2.75, 3.05) is 23.7 Å². The second-order valence-electron chi connectivity index (χ2n) is 10.1. The molecule has 0 saturated heterocycles. The molecule has 11 heteroatoms. The Morgan fingerprint density at radius 2 is 1.62 bits per heavy atom. The number of hydrogen-bond donors (Lipinski definition) is 1. The van der Waals surface area contributed by atoms with E-state index in [9.17, 15) is 18.0 Å². The number of anilines is 1. The number of carbonyl (C=O) groups excluding carboxylic acids is 2. The standard InChI is InChI=1S/C31H36Cl3N3O4S/c1-4-16-35-31(39)29(18-23-9-6-5-7-10-23)36(21-24-13-15-25(32)19-27(24)34)30(38)11-8-17-37(42(3,40)41)28-20-26(33)14-12-22(28)2/h5-7,9-10,12-15,19-20,29H,4,8,11,16-18,21H2,1-3H3,(H,35,39).